The summed E-state index contributed by atoms with van der Waals surface area (Å²) in [5, 5.41) is 0. The lowest BCUT2D eigenvalue weighted by Crippen LogP contribution is -2.06. The van der Waals surface area contributed by atoms with E-state index in [-0.39, 0.29) is 19.2 Å². The lowest BCUT2D eigenvalue weighted by molar-refractivity contribution is -0.142. The second kappa shape index (κ2) is 6.55. The Morgan fingerprint density at radius 3 is 2.59 bits per heavy atom. The van der Waals surface area contributed by atoms with Crippen molar-refractivity contribution >= 4 is 19.2 Å². The van der Waals surface area contributed by atoms with E-state index in [1.165, 1.54) is 0 Å². The highest BCUT2D eigenvalue weighted by atomic mass is 31.2. The van der Waals surface area contributed by atoms with Gasteiger partial charge in [0, 0.05) is 6.16 Å². The smallest absolute Gasteiger partial charge is 0.306 e. The number of esters is 1. The molecule has 0 atom stereocenters. The molecule has 0 spiro atoms. The summed E-state index contributed by atoms with van der Waals surface area (Å²) in [7, 11) is -3.42. The fourth-order valence-electron chi connectivity index (χ4n) is 1.20. The number of benzene rings is 1. The van der Waals surface area contributed by atoms with Crippen LogP contribution in [0.25, 0.3) is 0 Å². The van der Waals surface area contributed by atoms with E-state index in [1.807, 2.05) is 6.07 Å². The molecule has 6 heteroatoms. The lowest BCUT2D eigenvalue weighted by atomic mass is 10.3. The summed E-state index contributed by atoms with van der Waals surface area (Å²) in [5.41, 5.74) is 0.495. The van der Waals surface area contributed by atoms with E-state index < -0.39 is 13.5 Å². The molecular weight excluding hydrogens is 241 g/mol. The highest BCUT2D eigenvalue weighted by molar-refractivity contribution is 7.54. The van der Waals surface area contributed by atoms with Gasteiger partial charge in [0.05, 0.1) is 18.7 Å². The van der Waals surface area contributed by atoms with E-state index >= 15 is 0 Å². The van der Waals surface area contributed by atoms with Crippen molar-refractivity contribution in [2.24, 2.45) is 4.74 Å². The average molecular weight is 257 g/mol. The first-order chi connectivity index (χ1) is 8.03. The minimum absolute atomic E-state index is 0.0368. The molecule has 0 aliphatic heterocycles. The number of rotatable bonds is 5. The zero-order chi connectivity index (χ0) is 12.7. The Kier molecular flexibility index (Phi) is 5.35. The standard InChI is InChI=1S/C11H16NO4P/c1-2-16-11(13)8-9-17(14,15)12-10-6-4-3-5-7-10/h3-7,14-15H,2,8-9H2,1H3. The van der Waals surface area contributed by atoms with Gasteiger partial charge >= 0.3 is 5.97 Å². The molecule has 0 heterocycles. The molecule has 2 N–H and O–H groups in total. The van der Waals surface area contributed by atoms with Crippen molar-refractivity contribution in [2.75, 3.05) is 12.8 Å². The predicted octanol–water partition coefficient (Wildman–Crippen LogP) is 2.29. The van der Waals surface area contributed by atoms with Gasteiger partial charge in [-0.15, -0.1) is 0 Å². The quantitative estimate of drug-likeness (QED) is 0.626. The maximum absolute atomic E-state index is 11.1. The van der Waals surface area contributed by atoms with Gasteiger partial charge in [-0.3, -0.25) is 4.79 Å². The zero-order valence-electron chi connectivity index (χ0n) is 9.61. The molecule has 0 aliphatic rings. The van der Waals surface area contributed by atoms with Crippen molar-refractivity contribution in [2.45, 2.75) is 13.3 Å². The number of hydrogen-bond donors (Lipinski definition) is 2. The third-order valence-electron chi connectivity index (χ3n) is 1.95. The molecule has 94 valence electrons. The van der Waals surface area contributed by atoms with Gasteiger partial charge in [-0.05, 0) is 19.1 Å². The van der Waals surface area contributed by atoms with Crippen LogP contribution in [0.3, 0.4) is 0 Å². The van der Waals surface area contributed by atoms with Crippen LogP contribution in [-0.4, -0.2) is 28.5 Å². The topological polar surface area (TPSA) is 79.1 Å². The molecule has 0 amide bonds. The fraction of sp³-hybridized carbons (Fsp3) is 0.364. The van der Waals surface area contributed by atoms with Crippen LogP contribution < -0.4 is 0 Å². The van der Waals surface area contributed by atoms with Gasteiger partial charge in [-0.25, -0.2) is 4.74 Å². The van der Waals surface area contributed by atoms with E-state index in [2.05, 4.69) is 4.74 Å². The highest BCUT2D eigenvalue weighted by Crippen LogP contribution is 2.43. The van der Waals surface area contributed by atoms with Crippen molar-refractivity contribution in [3.05, 3.63) is 30.3 Å². The molecule has 1 aromatic rings. The van der Waals surface area contributed by atoms with Crippen molar-refractivity contribution < 1.29 is 19.3 Å². The molecule has 0 radical (unpaired) electrons. The van der Waals surface area contributed by atoms with E-state index in [4.69, 9.17) is 4.74 Å². The first-order valence-corrected chi connectivity index (χ1v) is 7.14. The van der Waals surface area contributed by atoms with Crippen LogP contribution >= 0.6 is 7.51 Å². The zero-order valence-corrected chi connectivity index (χ0v) is 10.5. The second-order valence-corrected chi connectivity index (χ2v) is 5.44. The molecule has 0 unspecified atom stereocenters. The third kappa shape index (κ3) is 5.63. The van der Waals surface area contributed by atoms with Crippen molar-refractivity contribution in [3.8, 4) is 0 Å². The Hall–Kier alpha value is -1.16. The molecule has 17 heavy (non-hydrogen) atoms. The van der Waals surface area contributed by atoms with Crippen molar-refractivity contribution in [1.29, 1.82) is 0 Å². The molecule has 1 aromatic carbocycles. The monoisotopic (exact) mass is 257 g/mol. The molecule has 0 aromatic heterocycles. The third-order valence-corrected chi connectivity index (χ3v) is 3.33. The Morgan fingerprint density at radius 2 is 2.00 bits per heavy atom. The molecule has 0 saturated carbocycles. The van der Waals surface area contributed by atoms with E-state index in [0.29, 0.717) is 5.69 Å². The maximum Gasteiger partial charge on any atom is 0.306 e. The Morgan fingerprint density at radius 1 is 1.35 bits per heavy atom. The molecule has 0 aliphatic carbocycles. The minimum Gasteiger partial charge on any atom is -0.466 e. The molecule has 0 fully saturated rings. The van der Waals surface area contributed by atoms with Crippen LogP contribution in [0.1, 0.15) is 13.3 Å². The van der Waals surface area contributed by atoms with Crippen molar-refractivity contribution in [1.82, 2.24) is 0 Å². The minimum atomic E-state index is -3.42. The lowest BCUT2D eigenvalue weighted by Gasteiger charge is -2.10. The maximum atomic E-state index is 11.1. The molecule has 0 saturated heterocycles. The average Bonchev–Trinajstić information content (AvgIpc) is 2.28. The van der Waals surface area contributed by atoms with Gasteiger partial charge in [0.25, 0.3) is 0 Å². The summed E-state index contributed by atoms with van der Waals surface area (Å²) >= 11 is 0. The van der Waals surface area contributed by atoms with Gasteiger partial charge in [0.15, 0.2) is 0 Å². The van der Waals surface area contributed by atoms with Gasteiger partial charge in [-0.2, -0.15) is 0 Å². The molecule has 0 bridgehead atoms. The first kappa shape index (κ1) is 13.9. The van der Waals surface area contributed by atoms with E-state index in [0.717, 1.165) is 0 Å². The van der Waals surface area contributed by atoms with Gasteiger partial charge in [-0.1, -0.05) is 18.2 Å². The Bertz CT molecular complexity index is 413. The number of nitrogens with zero attached hydrogens (tertiary/aromatic N) is 1. The summed E-state index contributed by atoms with van der Waals surface area (Å²) in [4.78, 5) is 30.4. The van der Waals surface area contributed by atoms with Gasteiger partial charge in [0.2, 0.25) is 7.51 Å². The normalized spacial score (nSPS) is 11.0. The van der Waals surface area contributed by atoms with Crippen LogP contribution in [0.5, 0.6) is 0 Å². The summed E-state index contributed by atoms with van der Waals surface area (Å²) in [6, 6.07) is 8.66. The van der Waals surface area contributed by atoms with Gasteiger partial charge < -0.3 is 14.5 Å². The summed E-state index contributed by atoms with van der Waals surface area (Å²) in [6.07, 6.45) is -0.119. The predicted molar refractivity (Wildman–Crippen MR) is 66.0 cm³/mol. The largest absolute Gasteiger partial charge is 0.466 e. The SMILES string of the molecule is CCOC(=O)CCP(O)(O)=Nc1ccccc1. The number of ether oxygens (including phenoxy) is 1. The van der Waals surface area contributed by atoms with Crippen LogP contribution in [0.15, 0.2) is 35.1 Å². The molecule has 1 rings (SSSR count). The summed E-state index contributed by atoms with van der Waals surface area (Å²) in [5.74, 6) is -0.441. The van der Waals surface area contributed by atoms with Crippen LogP contribution in [0, 0.1) is 0 Å². The molecular formula is C11H16NO4P. The number of carbonyl (C=O) groups excluding carboxylic acids is 1. The Balaban J connectivity index is 2.62. The first-order valence-electron chi connectivity index (χ1n) is 5.31. The van der Waals surface area contributed by atoms with E-state index in [1.54, 1.807) is 31.2 Å². The highest BCUT2D eigenvalue weighted by Gasteiger charge is 2.14. The van der Waals surface area contributed by atoms with Crippen molar-refractivity contribution in [3.63, 3.8) is 0 Å². The number of carbonyl (C=O) groups is 1. The Labute approximate surface area is 100 Å². The fourth-order valence-corrected chi connectivity index (χ4v) is 2.29. The number of hydrogen-bond acceptors (Lipinski definition) is 3. The summed E-state index contributed by atoms with van der Waals surface area (Å²) in [6.45, 7) is 1.99. The second-order valence-electron chi connectivity index (χ2n) is 3.41. The van der Waals surface area contributed by atoms with Crippen LogP contribution in [0.4, 0.5) is 5.69 Å². The van der Waals surface area contributed by atoms with E-state index in [9.17, 15) is 14.6 Å². The van der Waals surface area contributed by atoms with Crippen LogP contribution in [-0.2, 0) is 9.53 Å². The van der Waals surface area contributed by atoms with Gasteiger partial charge in [0.1, 0.15) is 0 Å². The summed E-state index contributed by atoms with van der Waals surface area (Å²) < 4.78 is 8.54. The molecule has 5 nitrogen and oxygen atoms in total. The van der Waals surface area contributed by atoms with Crippen LogP contribution in [0.2, 0.25) is 0 Å².